The molecule has 0 spiro atoms. The van der Waals surface area contributed by atoms with Crippen LogP contribution < -0.4 is 5.32 Å². The maximum atomic E-state index is 8.64. The summed E-state index contributed by atoms with van der Waals surface area (Å²) in [6.07, 6.45) is 0. The van der Waals surface area contributed by atoms with E-state index in [1.807, 2.05) is 32.0 Å². The molecule has 0 heterocycles. The molecule has 12 heavy (non-hydrogen) atoms. The highest BCUT2D eigenvalue weighted by Gasteiger charge is 1.97. The van der Waals surface area contributed by atoms with Crippen LogP contribution in [-0.4, -0.2) is 6.54 Å². The smallest absolute Gasteiger partial charge is 0.0992 e. The molecule has 0 aliphatic carbocycles. The van der Waals surface area contributed by atoms with Crippen molar-refractivity contribution < 1.29 is 0 Å². The number of hydrogen-bond acceptors (Lipinski definition) is 2. The number of hydrogen-bond donors (Lipinski definition) is 1. The zero-order valence-corrected chi connectivity index (χ0v) is 7.39. The predicted molar refractivity (Wildman–Crippen MR) is 50.1 cm³/mol. The van der Waals surface area contributed by atoms with Crippen LogP contribution in [0.5, 0.6) is 0 Å². The monoisotopic (exact) mass is 160 g/mol. The number of rotatable bonds is 2. The minimum absolute atomic E-state index is 0.705. The molecule has 0 fully saturated rings. The molecule has 62 valence electrons. The summed E-state index contributed by atoms with van der Waals surface area (Å²) < 4.78 is 0. The van der Waals surface area contributed by atoms with Crippen molar-refractivity contribution in [3.05, 3.63) is 29.3 Å². The number of aryl methyl sites for hydroxylation is 1. The molecule has 2 heteroatoms. The van der Waals surface area contributed by atoms with Gasteiger partial charge in [-0.2, -0.15) is 5.26 Å². The standard InChI is InChI=1S/C10H12N2/c1-3-12-10-6-9(7-11)5-4-8(10)2/h4-6,12H,3H2,1-2H3. The molecule has 2 nitrogen and oxygen atoms in total. The lowest BCUT2D eigenvalue weighted by atomic mass is 10.1. The number of benzene rings is 1. The Hall–Kier alpha value is -1.49. The van der Waals surface area contributed by atoms with Crippen molar-refractivity contribution in [1.29, 1.82) is 5.26 Å². The van der Waals surface area contributed by atoms with E-state index < -0.39 is 0 Å². The Morgan fingerprint density at radius 1 is 1.50 bits per heavy atom. The molecule has 0 aromatic heterocycles. The Morgan fingerprint density at radius 2 is 2.25 bits per heavy atom. The lowest BCUT2D eigenvalue weighted by Crippen LogP contribution is -1.98. The molecule has 1 aromatic rings. The van der Waals surface area contributed by atoms with Crippen molar-refractivity contribution in [2.24, 2.45) is 0 Å². The van der Waals surface area contributed by atoms with E-state index in [9.17, 15) is 0 Å². The zero-order chi connectivity index (χ0) is 8.97. The maximum absolute atomic E-state index is 8.64. The van der Waals surface area contributed by atoms with Crippen molar-refractivity contribution >= 4 is 5.69 Å². The molecule has 1 aromatic carbocycles. The van der Waals surface area contributed by atoms with Gasteiger partial charge < -0.3 is 5.32 Å². The summed E-state index contributed by atoms with van der Waals surface area (Å²) in [6, 6.07) is 7.77. The molecule has 0 atom stereocenters. The van der Waals surface area contributed by atoms with E-state index in [1.54, 1.807) is 0 Å². The molecule has 0 bridgehead atoms. The minimum Gasteiger partial charge on any atom is -0.385 e. The van der Waals surface area contributed by atoms with Gasteiger partial charge >= 0.3 is 0 Å². The Morgan fingerprint density at radius 3 is 2.83 bits per heavy atom. The van der Waals surface area contributed by atoms with Crippen LogP contribution in [0.4, 0.5) is 5.69 Å². The van der Waals surface area contributed by atoms with E-state index in [1.165, 1.54) is 5.56 Å². The van der Waals surface area contributed by atoms with Crippen LogP contribution in [0.2, 0.25) is 0 Å². The van der Waals surface area contributed by atoms with E-state index >= 15 is 0 Å². The third kappa shape index (κ3) is 1.76. The average molecular weight is 160 g/mol. The summed E-state index contributed by atoms with van der Waals surface area (Å²) in [5.74, 6) is 0. The first-order chi connectivity index (χ1) is 5.77. The van der Waals surface area contributed by atoms with E-state index in [2.05, 4.69) is 11.4 Å². The average Bonchev–Trinajstić information content (AvgIpc) is 2.09. The van der Waals surface area contributed by atoms with Crippen LogP contribution in [0.1, 0.15) is 18.1 Å². The van der Waals surface area contributed by atoms with Gasteiger partial charge in [-0.1, -0.05) is 6.07 Å². The Balaban J connectivity index is 3.01. The Bertz CT molecular complexity index is 310. The fourth-order valence-electron chi connectivity index (χ4n) is 1.07. The third-order valence-electron chi connectivity index (χ3n) is 1.73. The predicted octanol–water partition coefficient (Wildman–Crippen LogP) is 2.30. The van der Waals surface area contributed by atoms with Gasteiger partial charge in [0.2, 0.25) is 0 Å². The van der Waals surface area contributed by atoms with Gasteiger partial charge in [-0.25, -0.2) is 0 Å². The van der Waals surface area contributed by atoms with Crippen molar-refractivity contribution in [2.45, 2.75) is 13.8 Å². The van der Waals surface area contributed by atoms with Crippen LogP contribution in [0.25, 0.3) is 0 Å². The molecule has 1 rings (SSSR count). The summed E-state index contributed by atoms with van der Waals surface area (Å²) in [5, 5.41) is 11.8. The first-order valence-electron chi connectivity index (χ1n) is 4.02. The van der Waals surface area contributed by atoms with Gasteiger partial charge in [0.25, 0.3) is 0 Å². The highest BCUT2D eigenvalue weighted by Crippen LogP contribution is 2.15. The van der Waals surface area contributed by atoms with Crippen LogP contribution in [-0.2, 0) is 0 Å². The van der Waals surface area contributed by atoms with Gasteiger partial charge in [0, 0.05) is 12.2 Å². The molecule has 0 aliphatic heterocycles. The van der Waals surface area contributed by atoms with Crippen LogP contribution in [0.3, 0.4) is 0 Å². The lowest BCUT2D eigenvalue weighted by Gasteiger charge is -2.06. The fraction of sp³-hybridized carbons (Fsp3) is 0.300. The molecule has 0 saturated heterocycles. The van der Waals surface area contributed by atoms with Crippen molar-refractivity contribution in [2.75, 3.05) is 11.9 Å². The van der Waals surface area contributed by atoms with Gasteiger partial charge in [-0.05, 0) is 31.5 Å². The first-order valence-corrected chi connectivity index (χ1v) is 4.02. The lowest BCUT2D eigenvalue weighted by molar-refractivity contribution is 1.20. The summed E-state index contributed by atoms with van der Waals surface area (Å²) in [5.41, 5.74) is 2.93. The SMILES string of the molecule is CCNc1cc(C#N)ccc1C. The number of anilines is 1. The second kappa shape index (κ2) is 3.77. The molecule has 0 aliphatic rings. The minimum atomic E-state index is 0.705. The van der Waals surface area contributed by atoms with E-state index in [0.29, 0.717) is 5.56 Å². The van der Waals surface area contributed by atoms with Crippen LogP contribution in [0.15, 0.2) is 18.2 Å². The molecular weight excluding hydrogens is 148 g/mol. The molecule has 0 saturated carbocycles. The molecule has 1 N–H and O–H groups in total. The normalized spacial score (nSPS) is 9.08. The maximum Gasteiger partial charge on any atom is 0.0992 e. The first kappa shape index (κ1) is 8.61. The van der Waals surface area contributed by atoms with Crippen LogP contribution in [0, 0.1) is 18.3 Å². The second-order valence-electron chi connectivity index (χ2n) is 2.67. The van der Waals surface area contributed by atoms with E-state index in [0.717, 1.165) is 12.2 Å². The fourth-order valence-corrected chi connectivity index (χ4v) is 1.07. The zero-order valence-electron chi connectivity index (χ0n) is 7.39. The van der Waals surface area contributed by atoms with Gasteiger partial charge in [0.05, 0.1) is 11.6 Å². The van der Waals surface area contributed by atoms with Gasteiger partial charge in [-0.15, -0.1) is 0 Å². The largest absolute Gasteiger partial charge is 0.385 e. The summed E-state index contributed by atoms with van der Waals surface area (Å²) in [7, 11) is 0. The van der Waals surface area contributed by atoms with Crippen molar-refractivity contribution in [3.8, 4) is 6.07 Å². The quantitative estimate of drug-likeness (QED) is 0.720. The molecule has 0 radical (unpaired) electrons. The summed E-state index contributed by atoms with van der Waals surface area (Å²) >= 11 is 0. The summed E-state index contributed by atoms with van der Waals surface area (Å²) in [6.45, 7) is 4.95. The second-order valence-corrected chi connectivity index (χ2v) is 2.67. The Kier molecular flexibility index (Phi) is 2.71. The highest BCUT2D eigenvalue weighted by molar-refractivity contribution is 5.54. The van der Waals surface area contributed by atoms with E-state index in [-0.39, 0.29) is 0 Å². The number of nitrogens with one attached hydrogen (secondary N) is 1. The number of nitrogens with zero attached hydrogens (tertiary/aromatic N) is 1. The number of nitriles is 1. The third-order valence-corrected chi connectivity index (χ3v) is 1.73. The van der Waals surface area contributed by atoms with E-state index in [4.69, 9.17) is 5.26 Å². The molecule has 0 amide bonds. The van der Waals surface area contributed by atoms with Gasteiger partial charge in [0.15, 0.2) is 0 Å². The van der Waals surface area contributed by atoms with Gasteiger partial charge in [0.1, 0.15) is 0 Å². The van der Waals surface area contributed by atoms with Gasteiger partial charge in [-0.3, -0.25) is 0 Å². The topological polar surface area (TPSA) is 35.8 Å². The molecule has 0 unspecified atom stereocenters. The highest BCUT2D eigenvalue weighted by atomic mass is 14.9. The summed E-state index contributed by atoms with van der Waals surface area (Å²) in [4.78, 5) is 0. The molecular formula is C10H12N2. The van der Waals surface area contributed by atoms with Crippen molar-refractivity contribution in [1.82, 2.24) is 0 Å². The Labute approximate surface area is 72.8 Å². The van der Waals surface area contributed by atoms with Crippen molar-refractivity contribution in [3.63, 3.8) is 0 Å². The van der Waals surface area contributed by atoms with Crippen LogP contribution >= 0.6 is 0 Å².